The Morgan fingerprint density at radius 1 is 0.970 bits per heavy atom. The molecule has 0 aromatic heterocycles. The summed E-state index contributed by atoms with van der Waals surface area (Å²) < 4.78 is 15.8. The Morgan fingerprint density at radius 2 is 1.67 bits per heavy atom. The summed E-state index contributed by atoms with van der Waals surface area (Å²) in [4.78, 5) is 49.7. The molecule has 0 saturated carbocycles. The number of likely N-dealkylation sites (N-methyl/N-ethyl adjacent to an activating group) is 1. The van der Waals surface area contributed by atoms with E-state index in [4.69, 9.17) is 14.2 Å². The van der Waals surface area contributed by atoms with Gasteiger partial charge in [-0.1, -0.05) is 17.7 Å². The second-order valence-electron chi connectivity index (χ2n) is 7.61. The first-order chi connectivity index (χ1) is 15.8. The van der Waals surface area contributed by atoms with Gasteiger partial charge >= 0.3 is 5.97 Å². The van der Waals surface area contributed by atoms with Crippen LogP contribution in [0.2, 0.25) is 0 Å². The Kier molecular flexibility index (Phi) is 8.01. The Balaban J connectivity index is 1.38. The number of anilines is 1. The predicted octanol–water partition coefficient (Wildman–Crippen LogP) is 2.37. The Labute approximate surface area is 191 Å². The van der Waals surface area contributed by atoms with Crippen LogP contribution in [0.3, 0.4) is 0 Å². The van der Waals surface area contributed by atoms with E-state index in [1.54, 1.807) is 30.3 Å². The highest BCUT2D eigenvalue weighted by atomic mass is 16.6. The van der Waals surface area contributed by atoms with E-state index in [-0.39, 0.29) is 31.1 Å². The van der Waals surface area contributed by atoms with Gasteiger partial charge in [-0.25, -0.2) is 0 Å². The summed E-state index contributed by atoms with van der Waals surface area (Å²) in [5.41, 5.74) is 2.10. The third kappa shape index (κ3) is 7.06. The molecule has 0 bridgehead atoms. The van der Waals surface area contributed by atoms with Crippen molar-refractivity contribution in [1.29, 1.82) is 0 Å². The molecule has 0 atom stereocenters. The van der Waals surface area contributed by atoms with Gasteiger partial charge in [0.05, 0.1) is 13.0 Å². The van der Waals surface area contributed by atoms with Crippen LogP contribution in [0, 0.1) is 6.92 Å². The van der Waals surface area contributed by atoms with Gasteiger partial charge in [0.25, 0.3) is 5.91 Å². The lowest BCUT2D eigenvalue weighted by Gasteiger charge is -2.18. The highest BCUT2D eigenvalue weighted by molar-refractivity contribution is 5.98. The lowest BCUT2D eigenvalue weighted by atomic mass is 10.1. The number of aryl methyl sites for hydroxylation is 1. The largest absolute Gasteiger partial charge is 0.486 e. The number of amides is 2. The molecule has 1 aliphatic heterocycles. The number of ether oxygens (including phenoxy) is 3. The number of ketones is 1. The molecule has 174 valence electrons. The summed E-state index contributed by atoms with van der Waals surface area (Å²) in [6, 6.07) is 12.1. The smallest absolute Gasteiger partial charge is 0.306 e. The maximum Gasteiger partial charge on any atom is 0.306 e. The van der Waals surface area contributed by atoms with Crippen molar-refractivity contribution in [1.82, 2.24) is 4.90 Å². The van der Waals surface area contributed by atoms with Crippen LogP contribution in [-0.2, 0) is 19.1 Å². The normalized spacial score (nSPS) is 11.9. The average molecular weight is 454 g/mol. The van der Waals surface area contributed by atoms with Crippen molar-refractivity contribution in [3.8, 4) is 11.5 Å². The number of rotatable bonds is 9. The van der Waals surface area contributed by atoms with Gasteiger partial charge in [0.1, 0.15) is 13.2 Å². The first-order valence-corrected chi connectivity index (χ1v) is 10.5. The molecule has 0 radical (unpaired) electrons. The van der Waals surface area contributed by atoms with Gasteiger partial charge in [-0.05, 0) is 37.3 Å². The van der Waals surface area contributed by atoms with Crippen molar-refractivity contribution in [2.75, 3.05) is 38.7 Å². The standard InChI is InChI=1S/C24H26N2O7/c1-16-3-6-18(7-4-16)25-22(28)14-26(2)23(29)15-33-24(30)10-8-19(27)17-5-9-20-21(13-17)32-12-11-31-20/h3-7,9,13H,8,10-12,14-15H2,1-2H3,(H,25,28). The van der Waals surface area contributed by atoms with Crippen molar-refractivity contribution in [3.63, 3.8) is 0 Å². The van der Waals surface area contributed by atoms with E-state index in [9.17, 15) is 19.2 Å². The van der Waals surface area contributed by atoms with Crippen LogP contribution in [0.4, 0.5) is 5.69 Å². The molecular weight excluding hydrogens is 428 g/mol. The number of fused-ring (bicyclic) bond motifs is 1. The fourth-order valence-corrected chi connectivity index (χ4v) is 3.04. The minimum atomic E-state index is -0.674. The Bertz CT molecular complexity index is 1030. The average Bonchev–Trinajstić information content (AvgIpc) is 2.81. The fraction of sp³-hybridized carbons (Fsp3) is 0.333. The summed E-state index contributed by atoms with van der Waals surface area (Å²) in [6.07, 6.45) is -0.236. The van der Waals surface area contributed by atoms with Gasteiger partial charge < -0.3 is 24.4 Å². The van der Waals surface area contributed by atoms with Crippen molar-refractivity contribution >= 4 is 29.3 Å². The van der Waals surface area contributed by atoms with E-state index < -0.39 is 18.5 Å². The maximum absolute atomic E-state index is 12.3. The third-order valence-corrected chi connectivity index (χ3v) is 4.92. The van der Waals surface area contributed by atoms with Crippen molar-refractivity contribution in [2.24, 2.45) is 0 Å². The summed E-state index contributed by atoms with van der Waals surface area (Å²) in [7, 11) is 1.44. The molecule has 0 unspecified atom stereocenters. The summed E-state index contributed by atoms with van der Waals surface area (Å²) >= 11 is 0. The van der Waals surface area contributed by atoms with E-state index in [2.05, 4.69) is 5.32 Å². The molecule has 0 aliphatic carbocycles. The summed E-state index contributed by atoms with van der Waals surface area (Å²) in [6.45, 7) is 2.11. The highest BCUT2D eigenvalue weighted by Gasteiger charge is 2.18. The van der Waals surface area contributed by atoms with Crippen LogP contribution in [0.15, 0.2) is 42.5 Å². The molecule has 2 aromatic carbocycles. The molecule has 1 N–H and O–H groups in total. The molecule has 9 heteroatoms. The van der Waals surface area contributed by atoms with Gasteiger partial charge in [-0.3, -0.25) is 19.2 Å². The highest BCUT2D eigenvalue weighted by Crippen LogP contribution is 2.31. The number of carbonyl (C=O) groups is 4. The number of carbonyl (C=O) groups excluding carboxylic acids is 4. The van der Waals surface area contributed by atoms with Crippen LogP contribution in [-0.4, -0.2) is 61.9 Å². The van der Waals surface area contributed by atoms with Gasteiger partial charge in [0, 0.05) is 24.7 Å². The number of nitrogens with zero attached hydrogens (tertiary/aromatic N) is 1. The molecule has 3 rings (SSSR count). The summed E-state index contributed by atoms with van der Waals surface area (Å²) in [5.74, 6) is -0.749. The predicted molar refractivity (Wildman–Crippen MR) is 119 cm³/mol. The number of hydrogen-bond donors (Lipinski definition) is 1. The number of benzene rings is 2. The van der Waals surface area contributed by atoms with E-state index in [0.29, 0.717) is 36.0 Å². The molecule has 0 fully saturated rings. The minimum Gasteiger partial charge on any atom is -0.486 e. The molecule has 33 heavy (non-hydrogen) atoms. The SMILES string of the molecule is Cc1ccc(NC(=O)CN(C)C(=O)COC(=O)CCC(=O)c2ccc3c(c2)OCCO3)cc1. The monoisotopic (exact) mass is 454 g/mol. The molecule has 9 nitrogen and oxygen atoms in total. The molecule has 1 heterocycles. The molecule has 2 aromatic rings. The zero-order valence-corrected chi connectivity index (χ0v) is 18.6. The van der Waals surface area contributed by atoms with E-state index in [1.807, 2.05) is 19.1 Å². The molecule has 0 saturated heterocycles. The molecule has 1 aliphatic rings. The number of hydrogen-bond acceptors (Lipinski definition) is 7. The van der Waals surface area contributed by atoms with Crippen molar-refractivity contribution in [3.05, 3.63) is 53.6 Å². The quantitative estimate of drug-likeness (QED) is 0.457. The topological polar surface area (TPSA) is 111 Å². The van der Waals surface area contributed by atoms with Crippen molar-refractivity contribution < 1.29 is 33.4 Å². The van der Waals surface area contributed by atoms with Gasteiger partial charge in [-0.15, -0.1) is 0 Å². The Morgan fingerprint density at radius 3 is 2.39 bits per heavy atom. The van der Waals surface area contributed by atoms with Gasteiger partial charge in [0.15, 0.2) is 23.9 Å². The van der Waals surface area contributed by atoms with E-state index >= 15 is 0 Å². The van der Waals surface area contributed by atoms with Crippen LogP contribution in [0.5, 0.6) is 11.5 Å². The number of esters is 1. The van der Waals surface area contributed by atoms with Crippen LogP contribution >= 0.6 is 0 Å². The third-order valence-electron chi connectivity index (χ3n) is 4.92. The molecule has 2 amide bonds. The number of nitrogens with one attached hydrogen (secondary N) is 1. The second-order valence-corrected chi connectivity index (χ2v) is 7.61. The van der Waals surface area contributed by atoms with Crippen molar-refractivity contribution in [2.45, 2.75) is 19.8 Å². The van der Waals surface area contributed by atoms with E-state index in [1.165, 1.54) is 7.05 Å². The van der Waals surface area contributed by atoms with Crippen LogP contribution in [0.25, 0.3) is 0 Å². The van der Waals surface area contributed by atoms with Crippen LogP contribution < -0.4 is 14.8 Å². The zero-order chi connectivity index (χ0) is 23.8. The molecular formula is C24H26N2O7. The fourth-order valence-electron chi connectivity index (χ4n) is 3.04. The Hall–Kier alpha value is -3.88. The van der Waals surface area contributed by atoms with Crippen LogP contribution in [0.1, 0.15) is 28.8 Å². The second kappa shape index (κ2) is 11.1. The maximum atomic E-state index is 12.3. The number of Topliss-reactive ketones (excluding diaryl/α,β-unsaturated/α-hetero) is 1. The van der Waals surface area contributed by atoms with Gasteiger partial charge in [0.2, 0.25) is 5.91 Å². The first kappa shape index (κ1) is 23.8. The first-order valence-electron chi connectivity index (χ1n) is 10.5. The lowest BCUT2D eigenvalue weighted by molar-refractivity contribution is -0.151. The summed E-state index contributed by atoms with van der Waals surface area (Å²) in [5, 5.41) is 2.69. The molecule has 0 spiro atoms. The zero-order valence-electron chi connectivity index (χ0n) is 18.6. The van der Waals surface area contributed by atoms with Gasteiger partial charge in [-0.2, -0.15) is 0 Å². The minimum absolute atomic E-state index is 0.0680. The lowest BCUT2D eigenvalue weighted by Crippen LogP contribution is -2.37. The van der Waals surface area contributed by atoms with E-state index in [0.717, 1.165) is 10.5 Å².